The second-order valence-electron chi connectivity index (χ2n) is 5.10. The van der Waals surface area contributed by atoms with Gasteiger partial charge in [-0.15, -0.1) is 0 Å². The van der Waals surface area contributed by atoms with Crippen molar-refractivity contribution in [3.05, 3.63) is 22.7 Å². The van der Waals surface area contributed by atoms with E-state index in [1.165, 1.54) is 20.0 Å². The van der Waals surface area contributed by atoms with E-state index in [1.807, 2.05) is 0 Å². The van der Waals surface area contributed by atoms with Gasteiger partial charge in [0.15, 0.2) is 17.6 Å². The van der Waals surface area contributed by atoms with Crippen molar-refractivity contribution >= 4 is 17.6 Å². The Morgan fingerprint density at radius 3 is 2.76 bits per heavy atom. The van der Waals surface area contributed by atoms with E-state index >= 15 is 0 Å². The number of benzene rings is 1. The molecule has 1 aliphatic carbocycles. The number of nitrogens with one attached hydrogen (secondary N) is 1. The number of rotatable bonds is 8. The number of hydrogen-bond donors (Lipinski definition) is 2. The van der Waals surface area contributed by atoms with E-state index in [0.29, 0.717) is 35.5 Å². The second kappa shape index (κ2) is 7.00. The zero-order chi connectivity index (χ0) is 15.4. The average molecular weight is 314 g/mol. The lowest BCUT2D eigenvalue weighted by molar-refractivity contribution is -0.145. The fraction of sp³-hybridized carbons (Fsp3) is 0.533. The van der Waals surface area contributed by atoms with Gasteiger partial charge in [0.25, 0.3) is 0 Å². The van der Waals surface area contributed by atoms with Crippen LogP contribution in [0.15, 0.2) is 12.1 Å². The Kier molecular flexibility index (Phi) is 5.31. The van der Waals surface area contributed by atoms with E-state index in [2.05, 4.69) is 5.32 Å². The molecular formula is C15H20ClNO4. The number of carboxylic acid groups (broad SMARTS) is 1. The highest BCUT2D eigenvalue weighted by Crippen LogP contribution is 2.36. The SMILES string of the molecule is CCC(Oc1c(CNC2CC2)cc(Cl)cc1OC)C(=O)O. The van der Waals surface area contributed by atoms with Crippen LogP contribution in [0.4, 0.5) is 0 Å². The standard InChI is InChI=1S/C15H20ClNO4/c1-3-12(15(18)19)21-14-9(8-17-11-4-5-11)6-10(16)7-13(14)20-2/h6-7,11-12,17H,3-5,8H2,1-2H3,(H,18,19). The molecular weight excluding hydrogens is 294 g/mol. The fourth-order valence-electron chi connectivity index (χ4n) is 2.03. The number of aliphatic carboxylic acids is 1. The third-order valence-corrected chi connectivity index (χ3v) is 3.60. The highest BCUT2D eigenvalue weighted by Gasteiger charge is 2.24. The molecule has 0 spiro atoms. The number of carboxylic acids is 1. The third-order valence-electron chi connectivity index (χ3n) is 3.38. The Hall–Kier alpha value is -1.46. The van der Waals surface area contributed by atoms with Crippen LogP contribution in [-0.4, -0.2) is 30.3 Å². The summed E-state index contributed by atoms with van der Waals surface area (Å²) in [6, 6.07) is 3.94. The molecule has 0 amide bonds. The molecule has 0 radical (unpaired) electrons. The molecule has 0 saturated heterocycles. The highest BCUT2D eigenvalue weighted by atomic mass is 35.5. The number of carbonyl (C=O) groups is 1. The van der Waals surface area contributed by atoms with E-state index in [9.17, 15) is 4.79 Å². The molecule has 1 aromatic carbocycles. The molecule has 1 aliphatic rings. The summed E-state index contributed by atoms with van der Waals surface area (Å²) >= 11 is 6.08. The van der Waals surface area contributed by atoms with Crippen LogP contribution in [0.25, 0.3) is 0 Å². The summed E-state index contributed by atoms with van der Waals surface area (Å²) in [6.45, 7) is 2.34. The molecule has 1 aromatic rings. The van der Waals surface area contributed by atoms with Crippen molar-refractivity contribution in [2.45, 2.75) is 44.9 Å². The first-order valence-corrected chi connectivity index (χ1v) is 7.42. The maximum absolute atomic E-state index is 11.2. The van der Waals surface area contributed by atoms with Gasteiger partial charge in [0.2, 0.25) is 0 Å². The van der Waals surface area contributed by atoms with Crippen LogP contribution in [0.3, 0.4) is 0 Å². The largest absolute Gasteiger partial charge is 0.493 e. The Morgan fingerprint density at radius 2 is 2.24 bits per heavy atom. The number of halogens is 1. The third kappa shape index (κ3) is 4.25. The topological polar surface area (TPSA) is 67.8 Å². The Morgan fingerprint density at radius 1 is 1.52 bits per heavy atom. The van der Waals surface area contributed by atoms with Gasteiger partial charge in [0, 0.05) is 29.2 Å². The van der Waals surface area contributed by atoms with Gasteiger partial charge in [-0.3, -0.25) is 0 Å². The predicted octanol–water partition coefficient (Wildman–Crippen LogP) is 2.84. The van der Waals surface area contributed by atoms with Crippen molar-refractivity contribution in [2.24, 2.45) is 0 Å². The molecule has 1 unspecified atom stereocenters. The first kappa shape index (κ1) is 15.9. The maximum Gasteiger partial charge on any atom is 0.344 e. The Balaban J connectivity index is 2.26. The molecule has 0 heterocycles. The quantitative estimate of drug-likeness (QED) is 0.772. The summed E-state index contributed by atoms with van der Waals surface area (Å²) in [7, 11) is 1.51. The molecule has 116 valence electrons. The van der Waals surface area contributed by atoms with E-state index in [1.54, 1.807) is 19.1 Å². The highest BCUT2D eigenvalue weighted by molar-refractivity contribution is 6.30. The zero-order valence-electron chi connectivity index (χ0n) is 12.2. The van der Waals surface area contributed by atoms with Gasteiger partial charge >= 0.3 is 5.97 Å². The molecule has 2 rings (SSSR count). The van der Waals surface area contributed by atoms with Crippen LogP contribution in [0.5, 0.6) is 11.5 Å². The summed E-state index contributed by atoms with van der Waals surface area (Å²) < 4.78 is 10.9. The number of methoxy groups -OCH3 is 1. The Labute approximate surface area is 129 Å². The van der Waals surface area contributed by atoms with Crippen molar-refractivity contribution in [3.8, 4) is 11.5 Å². The first-order valence-electron chi connectivity index (χ1n) is 7.04. The second-order valence-corrected chi connectivity index (χ2v) is 5.54. The summed E-state index contributed by atoms with van der Waals surface area (Å²) in [4.78, 5) is 11.2. The van der Waals surface area contributed by atoms with E-state index in [4.69, 9.17) is 26.2 Å². The molecule has 0 aliphatic heterocycles. The minimum atomic E-state index is -0.990. The smallest absolute Gasteiger partial charge is 0.344 e. The number of ether oxygens (including phenoxy) is 2. The molecule has 1 fully saturated rings. The summed E-state index contributed by atoms with van der Waals surface area (Å²) in [5.74, 6) is -0.0882. The summed E-state index contributed by atoms with van der Waals surface area (Å²) in [6.07, 6.45) is 1.80. The maximum atomic E-state index is 11.2. The van der Waals surface area contributed by atoms with Crippen molar-refractivity contribution < 1.29 is 19.4 Å². The van der Waals surface area contributed by atoms with Crippen molar-refractivity contribution in [2.75, 3.05) is 7.11 Å². The van der Waals surface area contributed by atoms with Crippen molar-refractivity contribution in [1.82, 2.24) is 5.32 Å². The minimum absolute atomic E-state index is 0.372. The lowest BCUT2D eigenvalue weighted by Gasteiger charge is -2.19. The minimum Gasteiger partial charge on any atom is -0.493 e. The predicted molar refractivity (Wildman–Crippen MR) is 80.2 cm³/mol. The normalized spacial score (nSPS) is 15.6. The van der Waals surface area contributed by atoms with Crippen molar-refractivity contribution in [1.29, 1.82) is 0 Å². The van der Waals surface area contributed by atoms with Crippen molar-refractivity contribution in [3.63, 3.8) is 0 Å². The van der Waals surface area contributed by atoms with E-state index in [0.717, 1.165) is 5.56 Å². The zero-order valence-corrected chi connectivity index (χ0v) is 12.9. The van der Waals surface area contributed by atoms with Gasteiger partial charge in [0.05, 0.1) is 7.11 Å². The van der Waals surface area contributed by atoms with Gasteiger partial charge in [-0.05, 0) is 25.3 Å². The lowest BCUT2D eigenvalue weighted by Crippen LogP contribution is -2.27. The Bertz CT molecular complexity index is 517. The summed E-state index contributed by atoms with van der Waals surface area (Å²) in [5.41, 5.74) is 0.811. The van der Waals surface area contributed by atoms with Crippen LogP contribution in [-0.2, 0) is 11.3 Å². The average Bonchev–Trinajstić information content (AvgIpc) is 3.26. The molecule has 1 atom stereocenters. The van der Waals surface area contributed by atoms with Gasteiger partial charge in [-0.2, -0.15) is 0 Å². The lowest BCUT2D eigenvalue weighted by atomic mass is 10.1. The molecule has 6 heteroatoms. The summed E-state index contributed by atoms with van der Waals surface area (Å²) in [5, 5.41) is 13.1. The van der Waals surface area contributed by atoms with E-state index in [-0.39, 0.29) is 0 Å². The molecule has 0 aromatic heterocycles. The number of hydrogen-bond acceptors (Lipinski definition) is 4. The van der Waals surface area contributed by atoms with Crippen LogP contribution in [0.1, 0.15) is 31.7 Å². The molecule has 5 nitrogen and oxygen atoms in total. The molecule has 21 heavy (non-hydrogen) atoms. The first-order chi connectivity index (χ1) is 10.0. The molecule has 1 saturated carbocycles. The van der Waals surface area contributed by atoms with Crippen LogP contribution in [0.2, 0.25) is 5.02 Å². The van der Waals surface area contributed by atoms with Crippen LogP contribution in [0, 0.1) is 0 Å². The fourth-order valence-corrected chi connectivity index (χ4v) is 2.26. The van der Waals surface area contributed by atoms with E-state index < -0.39 is 12.1 Å². The molecule has 0 bridgehead atoms. The van der Waals surface area contributed by atoms with Gasteiger partial charge in [0.1, 0.15) is 0 Å². The van der Waals surface area contributed by atoms with Gasteiger partial charge in [-0.25, -0.2) is 4.79 Å². The molecule has 2 N–H and O–H groups in total. The monoisotopic (exact) mass is 313 g/mol. The van der Waals surface area contributed by atoms with Crippen LogP contribution < -0.4 is 14.8 Å². The van der Waals surface area contributed by atoms with Gasteiger partial charge < -0.3 is 19.9 Å². The van der Waals surface area contributed by atoms with Crippen LogP contribution >= 0.6 is 11.6 Å². The van der Waals surface area contributed by atoms with Gasteiger partial charge in [-0.1, -0.05) is 18.5 Å².